The number of methoxy groups -OCH3 is 1. The number of rotatable bonds is 5. The number of nitrogens with zero attached hydrogens (tertiary/aromatic N) is 2. The van der Waals surface area contributed by atoms with Gasteiger partial charge >= 0.3 is 6.16 Å². The number of carboxylic acid groups (broad SMARTS) is 2. The topological polar surface area (TPSA) is 103 Å². The fourth-order valence-electron chi connectivity index (χ4n) is 3.91. The van der Waals surface area contributed by atoms with Crippen molar-refractivity contribution in [3.05, 3.63) is 23.8 Å². The zero-order valence-electron chi connectivity index (χ0n) is 16.3. The molecule has 28 heavy (non-hydrogen) atoms. The second-order valence-corrected chi connectivity index (χ2v) is 7.78. The van der Waals surface area contributed by atoms with Crippen LogP contribution in [-0.4, -0.2) is 53.6 Å². The van der Waals surface area contributed by atoms with E-state index < -0.39 is 6.16 Å². The Labute approximate surface area is 165 Å². The number of carbonyl (C=O) groups is 1. The van der Waals surface area contributed by atoms with Gasteiger partial charge in [0.1, 0.15) is 0 Å². The van der Waals surface area contributed by atoms with E-state index in [9.17, 15) is 5.26 Å². The number of ether oxygens (including phenoxy) is 2. The molecule has 3 fully saturated rings. The number of hydrogen-bond acceptors (Lipinski definition) is 5. The Kier molecular flexibility index (Phi) is 6.30. The second kappa shape index (κ2) is 8.70. The Morgan fingerprint density at radius 3 is 2.29 bits per heavy atom. The molecule has 1 aromatic carbocycles. The summed E-state index contributed by atoms with van der Waals surface area (Å²) in [6, 6.07) is 9.51. The van der Waals surface area contributed by atoms with E-state index >= 15 is 0 Å². The lowest BCUT2D eigenvalue weighted by Crippen LogP contribution is -2.42. The first-order valence-electron chi connectivity index (χ1n) is 9.90. The first-order chi connectivity index (χ1) is 13.5. The lowest BCUT2D eigenvalue weighted by molar-refractivity contribution is 0.115. The fraction of sp³-hybridized carbons (Fsp3) is 0.619. The minimum Gasteiger partial charge on any atom is -0.493 e. The summed E-state index contributed by atoms with van der Waals surface area (Å²) in [5.41, 5.74) is 0.714. The Morgan fingerprint density at radius 2 is 1.82 bits per heavy atom. The SMILES string of the molecule is COc1ccc(C2(C#N)CCN(C3CC3)CC2)cc1OC1CCC1.O=C(O)O. The first kappa shape index (κ1) is 20.3. The van der Waals surface area contributed by atoms with E-state index in [0.29, 0.717) is 6.10 Å². The molecule has 1 heterocycles. The van der Waals surface area contributed by atoms with E-state index in [0.717, 1.165) is 61.9 Å². The smallest absolute Gasteiger partial charge is 0.493 e. The quantitative estimate of drug-likeness (QED) is 0.789. The van der Waals surface area contributed by atoms with Crippen LogP contribution in [0.3, 0.4) is 0 Å². The van der Waals surface area contributed by atoms with Crippen molar-refractivity contribution in [1.29, 1.82) is 5.26 Å². The van der Waals surface area contributed by atoms with Crippen LogP contribution < -0.4 is 9.47 Å². The van der Waals surface area contributed by atoms with Crippen LogP contribution in [0, 0.1) is 11.3 Å². The lowest BCUT2D eigenvalue weighted by atomic mass is 9.74. The van der Waals surface area contributed by atoms with Crippen LogP contribution in [0.2, 0.25) is 0 Å². The van der Waals surface area contributed by atoms with Gasteiger partial charge in [0, 0.05) is 19.1 Å². The number of benzene rings is 1. The predicted octanol–water partition coefficient (Wildman–Crippen LogP) is 3.87. The highest BCUT2D eigenvalue weighted by Crippen LogP contribution is 2.42. The average Bonchev–Trinajstić information content (AvgIpc) is 3.49. The van der Waals surface area contributed by atoms with E-state index in [-0.39, 0.29) is 5.41 Å². The molecule has 7 heteroatoms. The third kappa shape index (κ3) is 4.68. The average molecular weight is 388 g/mol. The van der Waals surface area contributed by atoms with E-state index in [1.165, 1.54) is 19.3 Å². The summed E-state index contributed by atoms with van der Waals surface area (Å²) in [5.74, 6) is 1.58. The maximum atomic E-state index is 9.95. The molecular weight excluding hydrogens is 360 g/mol. The molecule has 3 aliphatic rings. The van der Waals surface area contributed by atoms with Crippen LogP contribution in [0.15, 0.2) is 18.2 Å². The number of hydrogen-bond donors (Lipinski definition) is 2. The van der Waals surface area contributed by atoms with Gasteiger partial charge in [-0.2, -0.15) is 5.26 Å². The summed E-state index contributed by atoms with van der Waals surface area (Å²) >= 11 is 0. The van der Waals surface area contributed by atoms with Gasteiger partial charge in [-0.05, 0) is 62.6 Å². The third-order valence-electron chi connectivity index (χ3n) is 5.99. The molecule has 0 unspecified atom stereocenters. The molecular formula is C21H28N2O5. The molecule has 0 atom stereocenters. The van der Waals surface area contributed by atoms with Crippen molar-refractivity contribution in [2.24, 2.45) is 0 Å². The maximum Gasteiger partial charge on any atom is 0.503 e. The van der Waals surface area contributed by atoms with Crippen molar-refractivity contribution in [1.82, 2.24) is 4.90 Å². The zero-order valence-corrected chi connectivity index (χ0v) is 16.3. The van der Waals surface area contributed by atoms with Gasteiger partial charge in [0.05, 0.1) is 24.7 Å². The van der Waals surface area contributed by atoms with Crippen LogP contribution >= 0.6 is 0 Å². The van der Waals surface area contributed by atoms with Gasteiger partial charge in [-0.15, -0.1) is 0 Å². The molecule has 0 aromatic heterocycles. The van der Waals surface area contributed by atoms with E-state index in [4.69, 9.17) is 24.5 Å². The molecule has 0 radical (unpaired) electrons. The van der Waals surface area contributed by atoms with E-state index in [1.54, 1.807) is 7.11 Å². The summed E-state index contributed by atoms with van der Waals surface area (Å²) in [6.45, 7) is 2.06. The summed E-state index contributed by atoms with van der Waals surface area (Å²) in [5, 5.41) is 23.9. The van der Waals surface area contributed by atoms with Crippen molar-refractivity contribution in [3.8, 4) is 17.6 Å². The van der Waals surface area contributed by atoms with Gasteiger partial charge in [0.25, 0.3) is 0 Å². The lowest BCUT2D eigenvalue weighted by Gasteiger charge is -2.38. The summed E-state index contributed by atoms with van der Waals surface area (Å²) < 4.78 is 11.6. The van der Waals surface area contributed by atoms with Crippen molar-refractivity contribution < 1.29 is 24.5 Å². The molecule has 0 amide bonds. The molecule has 2 N–H and O–H groups in total. The minimum absolute atomic E-state index is 0.309. The largest absolute Gasteiger partial charge is 0.503 e. The minimum atomic E-state index is -1.83. The monoisotopic (exact) mass is 388 g/mol. The molecule has 2 aliphatic carbocycles. The maximum absolute atomic E-state index is 9.95. The normalized spacial score (nSPS) is 21.4. The molecule has 1 aliphatic heterocycles. The molecule has 4 rings (SSSR count). The van der Waals surface area contributed by atoms with Gasteiger partial charge in [0.15, 0.2) is 11.5 Å². The van der Waals surface area contributed by atoms with Crippen LogP contribution in [0.25, 0.3) is 0 Å². The van der Waals surface area contributed by atoms with Crippen LogP contribution in [0.4, 0.5) is 4.79 Å². The van der Waals surface area contributed by atoms with Gasteiger partial charge in [-0.3, -0.25) is 0 Å². The molecule has 2 saturated carbocycles. The molecule has 7 nitrogen and oxygen atoms in total. The Morgan fingerprint density at radius 1 is 1.18 bits per heavy atom. The Bertz CT molecular complexity index is 725. The van der Waals surface area contributed by atoms with Crippen LogP contribution in [-0.2, 0) is 5.41 Å². The highest BCUT2D eigenvalue weighted by Gasteiger charge is 2.41. The van der Waals surface area contributed by atoms with E-state index in [2.05, 4.69) is 23.1 Å². The molecule has 152 valence electrons. The second-order valence-electron chi connectivity index (χ2n) is 7.78. The van der Waals surface area contributed by atoms with Gasteiger partial charge in [0.2, 0.25) is 0 Å². The molecule has 0 spiro atoms. The van der Waals surface area contributed by atoms with Crippen molar-refractivity contribution in [2.75, 3.05) is 20.2 Å². The Balaban J connectivity index is 0.000000516. The van der Waals surface area contributed by atoms with Gasteiger partial charge < -0.3 is 24.6 Å². The van der Waals surface area contributed by atoms with Crippen molar-refractivity contribution in [2.45, 2.75) is 62.5 Å². The van der Waals surface area contributed by atoms with E-state index in [1.807, 2.05) is 6.07 Å². The molecule has 1 aromatic rings. The zero-order chi connectivity index (χ0) is 20.1. The highest BCUT2D eigenvalue weighted by molar-refractivity contribution is 5.53. The van der Waals surface area contributed by atoms with Crippen molar-refractivity contribution >= 4 is 6.16 Å². The van der Waals surface area contributed by atoms with Gasteiger partial charge in [-0.25, -0.2) is 4.79 Å². The summed E-state index contributed by atoms with van der Waals surface area (Å²) in [4.78, 5) is 11.1. The highest BCUT2D eigenvalue weighted by atomic mass is 16.6. The van der Waals surface area contributed by atoms with Gasteiger partial charge in [-0.1, -0.05) is 6.07 Å². The number of piperidine rings is 1. The predicted molar refractivity (Wildman–Crippen MR) is 103 cm³/mol. The molecule has 0 bridgehead atoms. The summed E-state index contributed by atoms with van der Waals surface area (Å²) in [7, 11) is 1.68. The van der Waals surface area contributed by atoms with Crippen molar-refractivity contribution in [3.63, 3.8) is 0 Å². The Hall–Kier alpha value is -2.46. The van der Waals surface area contributed by atoms with Crippen LogP contribution in [0.1, 0.15) is 50.5 Å². The number of nitriles is 1. The third-order valence-corrected chi connectivity index (χ3v) is 5.99. The standard InChI is InChI=1S/C20H26N2O2.CH2O3/c1-23-18-8-5-15(13-19(18)24-17-3-2-4-17)20(14-21)9-11-22(12-10-20)16-6-7-16;2-1(3)4/h5,8,13,16-17H,2-4,6-7,9-12H2,1H3;(H2,2,3,4). The fourth-order valence-corrected chi connectivity index (χ4v) is 3.91. The summed E-state index contributed by atoms with van der Waals surface area (Å²) in [6.07, 6.45) is 6.45. The number of likely N-dealkylation sites (tertiary alicyclic amines) is 1. The first-order valence-corrected chi connectivity index (χ1v) is 9.90. The molecule has 1 saturated heterocycles. The van der Waals surface area contributed by atoms with Crippen LogP contribution in [0.5, 0.6) is 11.5 Å².